The quantitative estimate of drug-likeness (QED) is 0.826. The maximum absolute atomic E-state index is 11.3. The molecule has 2 aromatic rings. The van der Waals surface area contributed by atoms with Crippen molar-refractivity contribution in [2.45, 2.75) is 27.7 Å². The monoisotopic (exact) mass is 298 g/mol. The summed E-state index contributed by atoms with van der Waals surface area (Å²) >= 11 is 0. The van der Waals surface area contributed by atoms with Gasteiger partial charge in [-0.05, 0) is 52.0 Å². The molecule has 0 saturated heterocycles. The van der Waals surface area contributed by atoms with Gasteiger partial charge in [0.1, 0.15) is 5.82 Å². The number of nitrogens with one attached hydrogen (secondary N) is 1. The van der Waals surface area contributed by atoms with E-state index in [1.165, 1.54) is 0 Å². The molecule has 1 heterocycles. The molecule has 5 nitrogen and oxygen atoms in total. The summed E-state index contributed by atoms with van der Waals surface area (Å²) in [4.78, 5) is 22.5. The van der Waals surface area contributed by atoms with Crippen LogP contribution < -0.4 is 10.2 Å². The van der Waals surface area contributed by atoms with Gasteiger partial charge in [-0.1, -0.05) is 0 Å². The van der Waals surface area contributed by atoms with Crippen LogP contribution in [0.5, 0.6) is 0 Å². The number of ketones is 1. The van der Waals surface area contributed by atoms with Gasteiger partial charge in [0.2, 0.25) is 5.95 Å². The van der Waals surface area contributed by atoms with E-state index in [1.807, 2.05) is 37.3 Å². The Hall–Kier alpha value is -2.43. The summed E-state index contributed by atoms with van der Waals surface area (Å²) in [5.41, 5.74) is 2.52. The zero-order valence-corrected chi connectivity index (χ0v) is 13.6. The molecule has 1 N–H and O–H groups in total. The lowest BCUT2D eigenvalue weighted by Crippen LogP contribution is -2.24. The van der Waals surface area contributed by atoms with Crippen LogP contribution in [0, 0.1) is 6.92 Å². The minimum Gasteiger partial charge on any atom is -0.341 e. The summed E-state index contributed by atoms with van der Waals surface area (Å²) in [6.45, 7) is 9.43. The maximum atomic E-state index is 11.3. The number of aromatic nitrogens is 2. The largest absolute Gasteiger partial charge is 0.341 e. The highest BCUT2D eigenvalue weighted by Gasteiger charge is 2.08. The minimum absolute atomic E-state index is 0.0632. The highest BCUT2D eigenvalue weighted by molar-refractivity contribution is 5.94. The second kappa shape index (κ2) is 7.02. The van der Waals surface area contributed by atoms with Crippen molar-refractivity contribution in [3.05, 3.63) is 41.6 Å². The van der Waals surface area contributed by atoms with E-state index in [0.29, 0.717) is 5.56 Å². The van der Waals surface area contributed by atoms with Crippen molar-refractivity contribution < 1.29 is 4.79 Å². The van der Waals surface area contributed by atoms with Gasteiger partial charge in [-0.3, -0.25) is 4.79 Å². The molecule has 0 aliphatic heterocycles. The molecule has 1 aromatic heterocycles. The van der Waals surface area contributed by atoms with E-state index in [0.717, 1.165) is 36.2 Å². The number of hydrogen-bond acceptors (Lipinski definition) is 5. The van der Waals surface area contributed by atoms with Gasteiger partial charge in [0, 0.05) is 36.1 Å². The maximum Gasteiger partial charge on any atom is 0.227 e. The first-order valence-corrected chi connectivity index (χ1v) is 7.52. The van der Waals surface area contributed by atoms with Gasteiger partial charge in [-0.25, -0.2) is 4.98 Å². The average Bonchev–Trinajstić information content (AvgIpc) is 2.48. The molecule has 0 spiro atoms. The number of rotatable bonds is 6. The van der Waals surface area contributed by atoms with Crippen LogP contribution in [-0.2, 0) is 0 Å². The van der Waals surface area contributed by atoms with E-state index in [2.05, 4.69) is 34.0 Å². The lowest BCUT2D eigenvalue weighted by molar-refractivity contribution is 0.101. The number of benzene rings is 1. The molecule has 0 amide bonds. The molecule has 0 fully saturated rings. The molecular weight excluding hydrogens is 276 g/mol. The molecule has 22 heavy (non-hydrogen) atoms. The average molecular weight is 298 g/mol. The first kappa shape index (κ1) is 15.9. The Labute approximate surface area is 131 Å². The number of aryl methyl sites for hydroxylation is 1. The van der Waals surface area contributed by atoms with E-state index in [1.54, 1.807) is 6.92 Å². The number of Topliss-reactive ketones (excluding diaryl/α,β-unsaturated/α-hetero) is 1. The number of nitrogens with zero attached hydrogens (tertiary/aromatic N) is 3. The Bertz CT molecular complexity index is 648. The van der Waals surface area contributed by atoms with Gasteiger partial charge in [0.25, 0.3) is 0 Å². The number of carbonyl (C=O) groups is 1. The van der Waals surface area contributed by atoms with Crippen molar-refractivity contribution in [2.75, 3.05) is 23.3 Å². The van der Waals surface area contributed by atoms with Crippen molar-refractivity contribution in [1.29, 1.82) is 0 Å². The highest BCUT2D eigenvalue weighted by atomic mass is 16.1. The van der Waals surface area contributed by atoms with Crippen molar-refractivity contribution in [3.63, 3.8) is 0 Å². The fourth-order valence-corrected chi connectivity index (χ4v) is 2.20. The molecule has 0 aliphatic carbocycles. The lowest BCUT2D eigenvalue weighted by atomic mass is 10.1. The van der Waals surface area contributed by atoms with Crippen molar-refractivity contribution in [1.82, 2.24) is 9.97 Å². The van der Waals surface area contributed by atoms with Crippen LogP contribution in [0.4, 0.5) is 17.5 Å². The topological polar surface area (TPSA) is 58.1 Å². The zero-order chi connectivity index (χ0) is 16.1. The van der Waals surface area contributed by atoms with Gasteiger partial charge in [0.15, 0.2) is 5.78 Å². The lowest BCUT2D eigenvalue weighted by Gasteiger charge is -2.19. The molecule has 1 aromatic carbocycles. The molecular formula is C17H22N4O. The van der Waals surface area contributed by atoms with Crippen LogP contribution in [-0.4, -0.2) is 28.8 Å². The molecule has 0 atom stereocenters. The van der Waals surface area contributed by atoms with E-state index >= 15 is 0 Å². The molecule has 5 heteroatoms. The third-order valence-corrected chi connectivity index (χ3v) is 3.45. The number of hydrogen-bond donors (Lipinski definition) is 1. The summed E-state index contributed by atoms with van der Waals surface area (Å²) in [7, 11) is 0. The van der Waals surface area contributed by atoms with E-state index in [4.69, 9.17) is 0 Å². The minimum atomic E-state index is 0.0632. The summed E-state index contributed by atoms with van der Waals surface area (Å²) in [6, 6.07) is 9.29. The standard InChI is InChI=1S/C17H22N4O/c1-5-21(6-2)17-18-12(3)11-16(20-17)19-15-9-7-14(8-10-15)13(4)22/h7-11H,5-6H2,1-4H3,(H,18,19,20). The first-order valence-electron chi connectivity index (χ1n) is 7.52. The molecule has 0 saturated carbocycles. The fourth-order valence-electron chi connectivity index (χ4n) is 2.20. The normalized spacial score (nSPS) is 10.4. The molecule has 116 valence electrons. The predicted octanol–water partition coefficient (Wildman–Crippen LogP) is 3.58. The van der Waals surface area contributed by atoms with Crippen LogP contribution in [0.25, 0.3) is 0 Å². The fraction of sp³-hybridized carbons (Fsp3) is 0.353. The van der Waals surface area contributed by atoms with E-state index in [9.17, 15) is 4.79 Å². The van der Waals surface area contributed by atoms with Crippen LogP contribution in [0.3, 0.4) is 0 Å². The van der Waals surface area contributed by atoms with Gasteiger partial charge < -0.3 is 10.2 Å². The van der Waals surface area contributed by atoms with Crippen molar-refractivity contribution >= 4 is 23.2 Å². The summed E-state index contributed by atoms with van der Waals surface area (Å²) in [5, 5.41) is 3.27. The van der Waals surface area contributed by atoms with Gasteiger partial charge in [-0.15, -0.1) is 0 Å². The number of carbonyl (C=O) groups excluding carboxylic acids is 1. The zero-order valence-electron chi connectivity index (χ0n) is 13.6. The van der Waals surface area contributed by atoms with E-state index < -0.39 is 0 Å². The Balaban J connectivity index is 2.23. The smallest absolute Gasteiger partial charge is 0.227 e. The predicted molar refractivity (Wildman–Crippen MR) is 90.1 cm³/mol. The van der Waals surface area contributed by atoms with E-state index in [-0.39, 0.29) is 5.78 Å². The number of anilines is 3. The molecule has 2 rings (SSSR count). The Morgan fingerprint density at radius 1 is 1.14 bits per heavy atom. The van der Waals surface area contributed by atoms with Crippen LogP contribution >= 0.6 is 0 Å². The van der Waals surface area contributed by atoms with Crippen molar-refractivity contribution in [3.8, 4) is 0 Å². The molecule has 0 unspecified atom stereocenters. The SMILES string of the molecule is CCN(CC)c1nc(C)cc(Nc2ccc(C(C)=O)cc2)n1. The van der Waals surface area contributed by atoms with Gasteiger partial charge in [0.05, 0.1) is 0 Å². The highest BCUT2D eigenvalue weighted by Crippen LogP contribution is 2.19. The van der Waals surface area contributed by atoms with Crippen LogP contribution in [0.15, 0.2) is 30.3 Å². The van der Waals surface area contributed by atoms with Crippen LogP contribution in [0.1, 0.15) is 36.8 Å². The molecule has 0 radical (unpaired) electrons. The first-order chi connectivity index (χ1) is 10.5. The Morgan fingerprint density at radius 2 is 1.77 bits per heavy atom. The Kier molecular flexibility index (Phi) is 5.09. The van der Waals surface area contributed by atoms with Gasteiger partial charge >= 0.3 is 0 Å². The Morgan fingerprint density at radius 3 is 2.32 bits per heavy atom. The van der Waals surface area contributed by atoms with Gasteiger partial charge in [-0.2, -0.15) is 4.98 Å². The molecule has 0 aliphatic rings. The summed E-state index contributed by atoms with van der Waals surface area (Å²) in [5.74, 6) is 1.55. The third kappa shape index (κ3) is 3.81. The third-order valence-electron chi connectivity index (χ3n) is 3.45. The second-order valence-corrected chi connectivity index (χ2v) is 5.13. The summed E-state index contributed by atoms with van der Waals surface area (Å²) < 4.78 is 0. The molecule has 0 bridgehead atoms. The van der Waals surface area contributed by atoms with Crippen LogP contribution in [0.2, 0.25) is 0 Å². The van der Waals surface area contributed by atoms with Crippen molar-refractivity contribution in [2.24, 2.45) is 0 Å². The summed E-state index contributed by atoms with van der Waals surface area (Å²) in [6.07, 6.45) is 0. The second-order valence-electron chi connectivity index (χ2n) is 5.13.